The molecule has 0 aliphatic heterocycles. The van der Waals surface area contributed by atoms with Gasteiger partial charge >= 0.3 is 0 Å². The zero-order valence-corrected chi connectivity index (χ0v) is 16.3. The Hall–Kier alpha value is -2.02. The number of amides is 1. The average molecular weight is 362 g/mol. The Morgan fingerprint density at radius 3 is 2.64 bits per heavy atom. The molecule has 1 N–H and O–H groups in total. The monoisotopic (exact) mass is 362 g/mol. The first kappa shape index (κ1) is 19.3. The first-order valence-corrected chi connectivity index (χ1v) is 9.36. The van der Waals surface area contributed by atoms with Gasteiger partial charge in [0.1, 0.15) is 5.75 Å². The van der Waals surface area contributed by atoms with E-state index in [0.29, 0.717) is 19.0 Å². The third kappa shape index (κ3) is 4.75. The second kappa shape index (κ2) is 8.89. The molecule has 0 saturated carbocycles. The lowest BCUT2D eigenvalue weighted by atomic mass is 10.2. The van der Waals surface area contributed by atoms with Crippen molar-refractivity contribution in [3.8, 4) is 17.1 Å². The van der Waals surface area contributed by atoms with E-state index in [1.165, 1.54) is 11.8 Å². The van der Waals surface area contributed by atoms with E-state index in [2.05, 4.69) is 29.4 Å². The molecule has 0 aliphatic rings. The molecule has 0 saturated heterocycles. The van der Waals surface area contributed by atoms with Gasteiger partial charge in [-0.15, -0.1) is 10.2 Å². The Labute approximate surface area is 153 Å². The van der Waals surface area contributed by atoms with Crippen LogP contribution in [0.1, 0.15) is 27.7 Å². The van der Waals surface area contributed by atoms with Gasteiger partial charge < -0.3 is 14.6 Å². The molecule has 0 radical (unpaired) electrons. The van der Waals surface area contributed by atoms with Gasteiger partial charge in [-0.25, -0.2) is 0 Å². The fraction of sp³-hybridized carbons (Fsp3) is 0.500. The van der Waals surface area contributed by atoms with Gasteiger partial charge in [0.25, 0.3) is 0 Å². The minimum atomic E-state index is -0.237. The van der Waals surface area contributed by atoms with E-state index < -0.39 is 0 Å². The van der Waals surface area contributed by atoms with Gasteiger partial charge in [0.05, 0.1) is 17.9 Å². The van der Waals surface area contributed by atoms with Crippen LogP contribution in [0.5, 0.6) is 5.75 Å². The van der Waals surface area contributed by atoms with Gasteiger partial charge in [-0.2, -0.15) is 0 Å². The number of hydrogen-bond acceptors (Lipinski definition) is 5. The van der Waals surface area contributed by atoms with Crippen molar-refractivity contribution in [1.29, 1.82) is 0 Å². The van der Waals surface area contributed by atoms with Crippen LogP contribution in [0.25, 0.3) is 11.4 Å². The van der Waals surface area contributed by atoms with Crippen molar-refractivity contribution in [2.75, 3.05) is 13.7 Å². The molecule has 25 heavy (non-hydrogen) atoms. The van der Waals surface area contributed by atoms with E-state index >= 15 is 0 Å². The smallest absolute Gasteiger partial charge is 0.233 e. The van der Waals surface area contributed by atoms with Crippen LogP contribution in [-0.4, -0.2) is 39.6 Å². The lowest BCUT2D eigenvalue weighted by Crippen LogP contribution is -2.33. The van der Waals surface area contributed by atoms with Crippen LogP contribution in [0.4, 0.5) is 0 Å². The normalized spacial score (nSPS) is 12.2. The predicted octanol–water partition coefficient (Wildman–Crippen LogP) is 3.23. The van der Waals surface area contributed by atoms with E-state index in [9.17, 15) is 4.79 Å². The summed E-state index contributed by atoms with van der Waals surface area (Å²) in [6.07, 6.45) is 0. The SMILES string of the molecule is CCn1c(SC(C)C(=O)NCC(C)C)nnc1-c1ccccc1OC. The van der Waals surface area contributed by atoms with Crippen molar-refractivity contribution < 1.29 is 9.53 Å². The number of thioether (sulfide) groups is 1. The molecule has 2 aromatic rings. The highest BCUT2D eigenvalue weighted by molar-refractivity contribution is 8.00. The third-order valence-electron chi connectivity index (χ3n) is 3.72. The lowest BCUT2D eigenvalue weighted by molar-refractivity contribution is -0.120. The van der Waals surface area contributed by atoms with Gasteiger partial charge in [-0.05, 0) is 31.9 Å². The minimum absolute atomic E-state index is 0.0168. The molecule has 0 bridgehead atoms. The summed E-state index contributed by atoms with van der Waals surface area (Å²) in [6, 6.07) is 7.73. The standard InChI is InChI=1S/C18H26N4O2S/c1-6-22-16(14-9-7-8-10-15(14)24-5)20-21-18(22)25-13(4)17(23)19-11-12(2)3/h7-10,12-13H,6,11H2,1-5H3,(H,19,23). The summed E-state index contributed by atoms with van der Waals surface area (Å²) < 4.78 is 7.44. The molecule has 6 nitrogen and oxygen atoms in total. The molecule has 1 atom stereocenters. The number of carbonyl (C=O) groups excluding carboxylic acids is 1. The van der Waals surface area contributed by atoms with E-state index in [4.69, 9.17) is 4.74 Å². The van der Waals surface area contributed by atoms with E-state index in [-0.39, 0.29) is 11.2 Å². The molecule has 0 aliphatic carbocycles. The quantitative estimate of drug-likeness (QED) is 0.730. The fourth-order valence-corrected chi connectivity index (χ4v) is 3.29. The highest BCUT2D eigenvalue weighted by atomic mass is 32.2. The third-order valence-corrected chi connectivity index (χ3v) is 4.80. The number of aromatic nitrogens is 3. The number of carbonyl (C=O) groups is 1. The number of methoxy groups -OCH3 is 1. The van der Waals surface area contributed by atoms with E-state index in [1.54, 1.807) is 7.11 Å². The molecule has 1 aromatic carbocycles. The van der Waals surface area contributed by atoms with Gasteiger partial charge in [0, 0.05) is 13.1 Å². The zero-order chi connectivity index (χ0) is 18.4. The Morgan fingerprint density at radius 2 is 2.00 bits per heavy atom. The lowest BCUT2D eigenvalue weighted by Gasteiger charge is -2.14. The summed E-state index contributed by atoms with van der Waals surface area (Å²) in [4.78, 5) is 12.2. The van der Waals surface area contributed by atoms with Gasteiger partial charge in [0.2, 0.25) is 5.91 Å². The number of benzene rings is 1. The molecule has 136 valence electrons. The Bertz CT molecular complexity index is 715. The molecule has 7 heteroatoms. The van der Waals surface area contributed by atoms with Crippen molar-refractivity contribution in [1.82, 2.24) is 20.1 Å². The molecule has 2 rings (SSSR count). The molecule has 1 unspecified atom stereocenters. The second-order valence-electron chi connectivity index (χ2n) is 6.15. The summed E-state index contributed by atoms with van der Waals surface area (Å²) >= 11 is 1.42. The van der Waals surface area contributed by atoms with Gasteiger partial charge in [-0.3, -0.25) is 4.79 Å². The number of nitrogens with zero attached hydrogens (tertiary/aromatic N) is 3. The summed E-state index contributed by atoms with van der Waals surface area (Å²) in [7, 11) is 1.64. The Morgan fingerprint density at radius 1 is 1.28 bits per heavy atom. The number of ether oxygens (including phenoxy) is 1. The number of para-hydroxylation sites is 1. The maximum Gasteiger partial charge on any atom is 0.233 e. The van der Waals surface area contributed by atoms with Crippen molar-refractivity contribution in [3.63, 3.8) is 0 Å². The molecule has 1 amide bonds. The topological polar surface area (TPSA) is 69.0 Å². The van der Waals surface area contributed by atoms with Gasteiger partial charge in [0.15, 0.2) is 11.0 Å². The van der Waals surface area contributed by atoms with Crippen LogP contribution in [0, 0.1) is 5.92 Å². The van der Waals surface area contributed by atoms with Crippen LogP contribution in [0.2, 0.25) is 0 Å². The van der Waals surface area contributed by atoms with E-state index in [0.717, 1.165) is 22.3 Å². The van der Waals surface area contributed by atoms with Gasteiger partial charge in [-0.1, -0.05) is 37.7 Å². The zero-order valence-electron chi connectivity index (χ0n) is 15.4. The van der Waals surface area contributed by atoms with E-state index in [1.807, 2.05) is 42.7 Å². The molecular formula is C18H26N4O2S. The number of nitrogens with one attached hydrogen (secondary N) is 1. The molecular weight excluding hydrogens is 336 g/mol. The number of hydrogen-bond donors (Lipinski definition) is 1. The van der Waals surface area contributed by atoms with Crippen LogP contribution in [0.15, 0.2) is 29.4 Å². The van der Waals surface area contributed by atoms with Crippen LogP contribution in [-0.2, 0) is 11.3 Å². The molecule has 1 heterocycles. The number of rotatable bonds is 8. The first-order chi connectivity index (χ1) is 12.0. The molecule has 0 spiro atoms. The largest absolute Gasteiger partial charge is 0.496 e. The van der Waals surface area contributed by atoms with Crippen LogP contribution < -0.4 is 10.1 Å². The minimum Gasteiger partial charge on any atom is -0.496 e. The summed E-state index contributed by atoms with van der Waals surface area (Å²) in [5.41, 5.74) is 0.892. The highest BCUT2D eigenvalue weighted by Gasteiger charge is 2.21. The van der Waals surface area contributed by atoms with Crippen LogP contribution >= 0.6 is 11.8 Å². The van der Waals surface area contributed by atoms with Crippen LogP contribution in [0.3, 0.4) is 0 Å². The molecule has 1 aromatic heterocycles. The van der Waals surface area contributed by atoms with Crippen molar-refractivity contribution >= 4 is 17.7 Å². The highest BCUT2D eigenvalue weighted by Crippen LogP contribution is 2.31. The maximum absolute atomic E-state index is 12.2. The maximum atomic E-state index is 12.2. The summed E-state index contributed by atoms with van der Waals surface area (Å²) in [6.45, 7) is 9.46. The van der Waals surface area contributed by atoms with Crippen molar-refractivity contribution in [2.45, 2.75) is 44.6 Å². The second-order valence-corrected chi connectivity index (χ2v) is 7.46. The fourth-order valence-electron chi connectivity index (χ4n) is 2.35. The predicted molar refractivity (Wildman–Crippen MR) is 101 cm³/mol. The van der Waals surface area contributed by atoms with Crippen molar-refractivity contribution in [3.05, 3.63) is 24.3 Å². The Kier molecular flexibility index (Phi) is 6.87. The average Bonchev–Trinajstić information content (AvgIpc) is 3.01. The summed E-state index contributed by atoms with van der Waals surface area (Å²) in [5, 5.41) is 12.1. The Balaban J connectivity index is 2.21. The van der Waals surface area contributed by atoms with Crippen molar-refractivity contribution in [2.24, 2.45) is 5.92 Å². The summed E-state index contributed by atoms with van der Waals surface area (Å²) in [5.74, 6) is 1.95. The first-order valence-electron chi connectivity index (χ1n) is 8.48. The molecule has 0 fully saturated rings.